The number of allylic oxidation sites excluding steroid dienone is 2. The Labute approximate surface area is 245 Å². The van der Waals surface area contributed by atoms with E-state index in [2.05, 4.69) is 137 Å². The molecule has 0 bridgehead atoms. The summed E-state index contributed by atoms with van der Waals surface area (Å²) in [6, 6.07) is 35.7. The number of benzene rings is 4. The van der Waals surface area contributed by atoms with Crippen LogP contribution in [0.3, 0.4) is 0 Å². The van der Waals surface area contributed by atoms with Crippen molar-refractivity contribution in [1.82, 2.24) is 0 Å². The van der Waals surface area contributed by atoms with Crippen LogP contribution >= 0.6 is 0 Å². The Bertz CT molecular complexity index is 1450. The van der Waals surface area contributed by atoms with Gasteiger partial charge in [-0.2, -0.15) is 0 Å². The normalized spacial score (nSPS) is 16.6. The topological polar surface area (TPSA) is 0 Å². The smallest absolute Gasteiger partial charge is 1.00 e. The van der Waals surface area contributed by atoms with Crippen LogP contribution in [0.25, 0.3) is 34.4 Å². The Balaban J connectivity index is 0.00000168. The molecule has 2 atom stereocenters. The fourth-order valence-electron chi connectivity index (χ4n) is 6.41. The Morgan fingerprint density at radius 1 is 0.526 bits per heavy atom. The zero-order valence-corrected chi connectivity index (χ0v) is 25.4. The summed E-state index contributed by atoms with van der Waals surface area (Å²) >= 11 is -1.82. The minimum absolute atomic E-state index is 0. The molecule has 4 aromatic carbocycles. The first-order valence-corrected chi connectivity index (χ1v) is 15.5. The van der Waals surface area contributed by atoms with Crippen molar-refractivity contribution in [3.63, 3.8) is 0 Å². The van der Waals surface area contributed by atoms with Gasteiger partial charge in [-0.3, -0.25) is 0 Å². The van der Waals surface area contributed by atoms with Gasteiger partial charge in [0.15, 0.2) is 0 Å². The van der Waals surface area contributed by atoms with Gasteiger partial charge < -0.3 is 24.8 Å². The van der Waals surface area contributed by atoms with E-state index in [1.807, 2.05) is 0 Å². The third-order valence-electron chi connectivity index (χ3n) is 7.93. The van der Waals surface area contributed by atoms with Gasteiger partial charge in [0.2, 0.25) is 0 Å². The first-order chi connectivity index (χ1) is 17.5. The van der Waals surface area contributed by atoms with Gasteiger partial charge >= 0.3 is 222 Å². The van der Waals surface area contributed by atoms with Crippen molar-refractivity contribution in [2.24, 2.45) is 0 Å². The minimum Gasteiger partial charge on any atom is -1.00 e. The number of halogens is 2. The molecular weight excluding hydrogens is 539 g/mol. The zero-order chi connectivity index (χ0) is 24.8. The van der Waals surface area contributed by atoms with Gasteiger partial charge in [-0.05, 0) is 0 Å². The molecule has 4 aromatic rings. The molecule has 0 fully saturated rings. The molecular formula is C35H32Cl2Ti. The standard InChI is InChI=1S/2C16H13.C3H6.2ClH.Ti/c2*1-12-10-14-8-5-9-15(16(14)11-12)13-6-3-2-4-7-13;1-3-2;;;/h2*2-11H,1H3;1-2H3;2*1H;/q;;;;;+2/p-2. The maximum atomic E-state index is 2.49. The van der Waals surface area contributed by atoms with Gasteiger partial charge in [-0.15, -0.1) is 0 Å². The molecule has 2 aliphatic rings. The first-order valence-electron chi connectivity index (χ1n) is 12.9. The second kappa shape index (κ2) is 11.7. The van der Waals surface area contributed by atoms with Crippen molar-refractivity contribution in [3.8, 4) is 22.3 Å². The predicted octanol–water partition coefficient (Wildman–Crippen LogP) is 3.48. The number of rotatable bonds is 4. The van der Waals surface area contributed by atoms with Crippen LogP contribution in [0.1, 0.15) is 58.4 Å². The molecule has 190 valence electrons. The summed E-state index contributed by atoms with van der Waals surface area (Å²) in [5.74, 6) is 0. The molecule has 0 N–H and O–H groups in total. The average Bonchev–Trinajstić information content (AvgIpc) is 3.41. The molecule has 6 rings (SSSR count). The summed E-state index contributed by atoms with van der Waals surface area (Å²) in [6.07, 6.45) is 4.99. The monoisotopic (exact) mass is 570 g/mol. The van der Waals surface area contributed by atoms with Crippen molar-refractivity contribution in [2.75, 3.05) is 0 Å². The van der Waals surface area contributed by atoms with E-state index in [1.165, 1.54) is 33.4 Å². The van der Waals surface area contributed by atoms with Crippen molar-refractivity contribution in [2.45, 2.75) is 36.1 Å². The molecule has 0 nitrogen and oxygen atoms in total. The van der Waals surface area contributed by atoms with Gasteiger partial charge in [-0.25, -0.2) is 0 Å². The van der Waals surface area contributed by atoms with E-state index < -0.39 is 17.4 Å². The molecule has 2 aliphatic carbocycles. The van der Waals surface area contributed by atoms with Gasteiger partial charge in [0, 0.05) is 0 Å². The van der Waals surface area contributed by atoms with E-state index in [1.54, 1.807) is 26.1 Å². The second-order valence-electron chi connectivity index (χ2n) is 10.4. The fraction of sp³-hybridized carbons (Fsp3) is 0.171. The quantitative estimate of drug-likeness (QED) is 0.330. The van der Waals surface area contributed by atoms with E-state index in [4.69, 9.17) is 0 Å². The molecule has 0 spiro atoms. The number of fused-ring (bicyclic) bond motifs is 2. The van der Waals surface area contributed by atoms with Crippen LogP contribution in [-0.2, 0) is 17.4 Å². The van der Waals surface area contributed by atoms with Crippen LogP contribution in [0.5, 0.6) is 0 Å². The molecule has 0 saturated carbocycles. The summed E-state index contributed by atoms with van der Waals surface area (Å²) in [5, 5.41) is 0. The molecule has 0 saturated heterocycles. The van der Waals surface area contributed by atoms with E-state index in [9.17, 15) is 0 Å². The van der Waals surface area contributed by atoms with Crippen molar-refractivity contribution in [3.05, 3.63) is 130 Å². The molecule has 2 unspecified atom stereocenters. The minimum atomic E-state index is -1.82. The largest absolute Gasteiger partial charge is 1.00 e. The van der Waals surface area contributed by atoms with E-state index in [0.717, 1.165) is 0 Å². The van der Waals surface area contributed by atoms with Gasteiger partial charge in [0.25, 0.3) is 0 Å². The third-order valence-corrected chi connectivity index (χ3v) is 14.1. The maximum absolute atomic E-state index is 2.49. The Kier molecular flexibility index (Phi) is 8.80. The molecule has 0 aromatic heterocycles. The summed E-state index contributed by atoms with van der Waals surface area (Å²) in [6.45, 7) is 9.58. The molecule has 0 amide bonds. The summed E-state index contributed by atoms with van der Waals surface area (Å²) in [7, 11) is 0. The van der Waals surface area contributed by atoms with E-state index >= 15 is 0 Å². The van der Waals surface area contributed by atoms with Crippen molar-refractivity contribution in [1.29, 1.82) is 0 Å². The fourth-order valence-corrected chi connectivity index (χ4v) is 12.4. The Hall–Kier alpha value is -2.48. The van der Waals surface area contributed by atoms with Crippen molar-refractivity contribution < 1.29 is 42.2 Å². The Morgan fingerprint density at radius 2 is 0.921 bits per heavy atom. The van der Waals surface area contributed by atoms with Gasteiger partial charge in [0.1, 0.15) is 0 Å². The predicted molar refractivity (Wildman–Crippen MR) is 153 cm³/mol. The van der Waals surface area contributed by atoms with Crippen LogP contribution in [0.4, 0.5) is 0 Å². The van der Waals surface area contributed by atoms with E-state index in [-0.39, 0.29) is 24.8 Å². The zero-order valence-electron chi connectivity index (χ0n) is 22.3. The number of hydrogen-bond acceptors (Lipinski definition) is 0. The molecule has 0 aliphatic heterocycles. The summed E-state index contributed by atoms with van der Waals surface area (Å²) in [5.41, 5.74) is 14.4. The van der Waals surface area contributed by atoms with Crippen LogP contribution in [0.2, 0.25) is 0 Å². The van der Waals surface area contributed by atoms with Gasteiger partial charge in [0.05, 0.1) is 0 Å². The third kappa shape index (κ3) is 4.85. The van der Waals surface area contributed by atoms with Crippen LogP contribution in [0.15, 0.2) is 108 Å². The summed E-state index contributed by atoms with van der Waals surface area (Å²) in [4.78, 5) is 0. The molecule has 0 heterocycles. The van der Waals surface area contributed by atoms with Crippen molar-refractivity contribution >= 4 is 16.0 Å². The van der Waals surface area contributed by atoms with Gasteiger partial charge in [-0.1, -0.05) is 0 Å². The second-order valence-corrected chi connectivity index (χ2v) is 15.2. The average molecular weight is 571 g/mol. The first kappa shape index (κ1) is 28.5. The molecule has 38 heavy (non-hydrogen) atoms. The molecule has 3 heteroatoms. The summed E-state index contributed by atoms with van der Waals surface area (Å²) < 4.78 is 2.77. The van der Waals surface area contributed by atoms with Crippen LogP contribution in [0, 0.1) is 0 Å². The maximum Gasteiger partial charge on any atom is -1.00 e. The van der Waals surface area contributed by atoms with Crippen LogP contribution < -0.4 is 24.8 Å². The molecule has 0 radical (unpaired) electrons. The Morgan fingerprint density at radius 3 is 1.29 bits per heavy atom. The van der Waals surface area contributed by atoms with Crippen LogP contribution in [-0.4, -0.2) is 3.81 Å². The SMILES string of the molecule is CC1=Cc2c(-c3ccccc3)cccc2[CH]1[Ti+2](=[C](C)C)[CH]1C(C)=Cc2c(-c3ccccc3)cccc21.[Cl-].[Cl-]. The van der Waals surface area contributed by atoms with E-state index in [0.29, 0.717) is 8.45 Å². The number of hydrogen-bond donors (Lipinski definition) is 0.